The highest BCUT2D eigenvalue weighted by atomic mass is 32.2. The lowest BCUT2D eigenvalue weighted by Gasteiger charge is -2.31. The van der Waals surface area contributed by atoms with E-state index >= 15 is 0 Å². The first-order valence-corrected chi connectivity index (χ1v) is 10.9. The van der Waals surface area contributed by atoms with Gasteiger partial charge in [-0.3, -0.25) is 0 Å². The van der Waals surface area contributed by atoms with Gasteiger partial charge in [-0.15, -0.1) is 0 Å². The van der Waals surface area contributed by atoms with E-state index in [2.05, 4.69) is 20.6 Å². The Kier molecular flexibility index (Phi) is 4.08. The fourth-order valence-corrected chi connectivity index (χ4v) is 5.72. The van der Waals surface area contributed by atoms with Crippen molar-refractivity contribution >= 4 is 15.5 Å². The van der Waals surface area contributed by atoms with Gasteiger partial charge in [0.1, 0.15) is 16.7 Å². The molecule has 0 aromatic carbocycles. The van der Waals surface area contributed by atoms with Crippen molar-refractivity contribution in [1.82, 2.24) is 18.8 Å². The molecule has 3 aromatic heterocycles. The normalized spacial score (nSPS) is 21.4. The quantitative estimate of drug-likeness (QED) is 0.666. The monoisotopic (exact) mass is 402 g/mol. The molecule has 1 atom stereocenters. The van der Waals surface area contributed by atoms with Gasteiger partial charge in [-0.1, -0.05) is 11.2 Å². The van der Waals surface area contributed by atoms with Crippen molar-refractivity contribution < 1.29 is 17.7 Å². The van der Waals surface area contributed by atoms with Crippen molar-refractivity contribution in [2.75, 3.05) is 19.7 Å². The van der Waals surface area contributed by atoms with Crippen molar-refractivity contribution in [2.24, 2.45) is 0 Å². The average Bonchev–Trinajstić information content (AvgIpc) is 3.35. The van der Waals surface area contributed by atoms with Crippen LogP contribution in [0.2, 0.25) is 0 Å². The molecule has 1 saturated carbocycles. The summed E-state index contributed by atoms with van der Waals surface area (Å²) in [6.07, 6.45) is 3.82. The molecule has 0 bridgehead atoms. The van der Waals surface area contributed by atoms with Crippen LogP contribution in [0.25, 0.3) is 5.52 Å². The average molecular weight is 402 g/mol. The van der Waals surface area contributed by atoms with Gasteiger partial charge < -0.3 is 13.7 Å². The molecule has 4 heterocycles. The van der Waals surface area contributed by atoms with Crippen LogP contribution in [-0.4, -0.2) is 47.0 Å². The zero-order valence-electron chi connectivity index (χ0n) is 15.8. The van der Waals surface area contributed by atoms with Crippen LogP contribution >= 0.6 is 0 Å². The molecule has 8 nitrogen and oxygen atoms in total. The summed E-state index contributed by atoms with van der Waals surface area (Å²) in [6.45, 7) is 4.08. The molecule has 0 spiro atoms. The third-order valence-electron chi connectivity index (χ3n) is 5.53. The van der Waals surface area contributed by atoms with Gasteiger partial charge in [-0.25, -0.2) is 13.4 Å². The summed E-state index contributed by atoms with van der Waals surface area (Å²) in [7, 11) is -3.71. The van der Waals surface area contributed by atoms with Crippen molar-refractivity contribution in [2.45, 2.75) is 43.6 Å². The van der Waals surface area contributed by atoms with Crippen LogP contribution in [0.4, 0.5) is 0 Å². The summed E-state index contributed by atoms with van der Waals surface area (Å²) >= 11 is 0. The summed E-state index contributed by atoms with van der Waals surface area (Å²) in [5, 5.41) is 3.79. The molecule has 1 unspecified atom stereocenters. The molecule has 0 radical (unpaired) electrons. The Bertz CT molecular complexity index is 1130. The van der Waals surface area contributed by atoms with Gasteiger partial charge in [0.25, 0.3) is 0 Å². The maximum Gasteiger partial charge on any atom is 0.248 e. The Labute approximate surface area is 163 Å². The molecule has 1 aliphatic carbocycles. The zero-order chi connectivity index (χ0) is 19.5. The van der Waals surface area contributed by atoms with Gasteiger partial charge in [-0.2, -0.15) is 4.31 Å². The Morgan fingerprint density at radius 2 is 2.04 bits per heavy atom. The lowest BCUT2D eigenvalue weighted by molar-refractivity contribution is -0.00393. The molecule has 0 amide bonds. The van der Waals surface area contributed by atoms with Gasteiger partial charge in [0.15, 0.2) is 5.76 Å². The molecule has 148 valence electrons. The largest absolute Gasteiger partial charge is 0.369 e. The van der Waals surface area contributed by atoms with E-state index in [-0.39, 0.29) is 11.4 Å². The summed E-state index contributed by atoms with van der Waals surface area (Å²) in [6, 6.07) is 6.18. The summed E-state index contributed by atoms with van der Waals surface area (Å²) in [5.74, 6) is 0.900. The minimum absolute atomic E-state index is 0.152. The fourth-order valence-electron chi connectivity index (χ4n) is 4.00. The highest BCUT2D eigenvalue weighted by Gasteiger charge is 2.36. The molecule has 2 aliphatic rings. The maximum absolute atomic E-state index is 13.2. The minimum Gasteiger partial charge on any atom is -0.369 e. The maximum atomic E-state index is 13.2. The third-order valence-corrected chi connectivity index (χ3v) is 7.64. The number of hydrogen-bond donors (Lipinski definition) is 0. The number of rotatable bonds is 4. The van der Waals surface area contributed by atoms with Crippen molar-refractivity contribution in [1.29, 1.82) is 0 Å². The standard InChI is InChI=1S/C19H22N4O4S/c1-12-19(13(2)27-21-12)28(24,25)22-8-9-26-17(10-22)18-16-5-3-4-15(14-6-7-14)23(16)11-20-18/h3-5,11,14,17H,6-10H2,1-2H3. The van der Waals surface area contributed by atoms with Gasteiger partial charge in [0, 0.05) is 18.8 Å². The summed E-state index contributed by atoms with van der Waals surface area (Å²) in [4.78, 5) is 4.74. The van der Waals surface area contributed by atoms with Crippen LogP contribution in [0.3, 0.4) is 0 Å². The molecule has 5 rings (SSSR count). The van der Waals surface area contributed by atoms with E-state index in [0.717, 1.165) is 11.2 Å². The topological polar surface area (TPSA) is 89.9 Å². The van der Waals surface area contributed by atoms with Crippen LogP contribution < -0.4 is 0 Å². The van der Waals surface area contributed by atoms with Gasteiger partial charge in [-0.05, 0) is 44.7 Å². The van der Waals surface area contributed by atoms with E-state index < -0.39 is 16.1 Å². The third kappa shape index (κ3) is 2.76. The number of sulfonamides is 1. The Balaban J connectivity index is 1.48. The summed E-state index contributed by atoms with van der Waals surface area (Å²) < 4.78 is 40.9. The first-order chi connectivity index (χ1) is 13.5. The number of pyridine rings is 1. The zero-order valence-corrected chi connectivity index (χ0v) is 16.6. The van der Waals surface area contributed by atoms with Crippen molar-refractivity contribution in [3.8, 4) is 0 Å². The number of morpholine rings is 1. The van der Waals surface area contributed by atoms with Crippen molar-refractivity contribution in [3.63, 3.8) is 0 Å². The number of nitrogens with zero attached hydrogens (tertiary/aromatic N) is 4. The lowest BCUT2D eigenvalue weighted by Crippen LogP contribution is -2.42. The second kappa shape index (κ2) is 6.40. The van der Waals surface area contributed by atoms with Crippen LogP contribution in [0, 0.1) is 13.8 Å². The number of aromatic nitrogens is 3. The highest BCUT2D eigenvalue weighted by Crippen LogP contribution is 2.40. The smallest absolute Gasteiger partial charge is 0.248 e. The summed E-state index contributed by atoms with van der Waals surface area (Å²) in [5.41, 5.74) is 3.39. The van der Waals surface area contributed by atoms with E-state index in [1.165, 1.54) is 22.8 Å². The second-order valence-corrected chi connectivity index (χ2v) is 9.36. The number of imidazole rings is 1. The molecule has 0 N–H and O–H groups in total. The van der Waals surface area contributed by atoms with Crippen LogP contribution in [0.15, 0.2) is 33.9 Å². The Morgan fingerprint density at radius 3 is 2.75 bits per heavy atom. The number of ether oxygens (including phenoxy) is 1. The van der Waals surface area contributed by atoms with Crippen molar-refractivity contribution in [3.05, 3.63) is 47.4 Å². The highest BCUT2D eigenvalue weighted by molar-refractivity contribution is 7.89. The Hall–Kier alpha value is -2.23. The SMILES string of the molecule is Cc1noc(C)c1S(=O)(=O)N1CCOC(c2ncn3c(C4CC4)cccc23)C1. The molecule has 9 heteroatoms. The molecular formula is C19H22N4O4S. The van der Waals surface area contributed by atoms with Gasteiger partial charge in [0.2, 0.25) is 10.0 Å². The lowest BCUT2D eigenvalue weighted by atomic mass is 10.1. The molecule has 1 aliphatic heterocycles. The van der Waals surface area contributed by atoms with Gasteiger partial charge >= 0.3 is 0 Å². The number of fused-ring (bicyclic) bond motifs is 1. The predicted octanol–water partition coefficient (Wildman–Crippen LogP) is 2.58. The van der Waals surface area contributed by atoms with E-state index in [4.69, 9.17) is 9.26 Å². The number of aryl methyl sites for hydroxylation is 2. The van der Waals surface area contributed by atoms with Crippen LogP contribution in [-0.2, 0) is 14.8 Å². The number of hydrogen-bond acceptors (Lipinski definition) is 6. The molecule has 2 fully saturated rings. The minimum atomic E-state index is -3.71. The van der Waals surface area contributed by atoms with Crippen LogP contribution in [0.5, 0.6) is 0 Å². The van der Waals surface area contributed by atoms with E-state index in [1.807, 2.05) is 18.5 Å². The van der Waals surface area contributed by atoms with E-state index in [1.54, 1.807) is 13.8 Å². The van der Waals surface area contributed by atoms with Gasteiger partial charge in [0.05, 0.1) is 24.1 Å². The van der Waals surface area contributed by atoms with Crippen LogP contribution in [0.1, 0.15) is 47.7 Å². The first kappa shape index (κ1) is 17.8. The molecule has 3 aromatic rings. The van der Waals surface area contributed by atoms with E-state index in [0.29, 0.717) is 30.5 Å². The molecule has 1 saturated heterocycles. The molecular weight excluding hydrogens is 380 g/mol. The second-order valence-electron chi connectivity index (χ2n) is 7.49. The molecule has 28 heavy (non-hydrogen) atoms. The predicted molar refractivity (Wildman–Crippen MR) is 101 cm³/mol. The fraction of sp³-hybridized carbons (Fsp3) is 0.474. The first-order valence-electron chi connectivity index (χ1n) is 9.47. The Morgan fingerprint density at radius 1 is 1.21 bits per heavy atom. The van der Waals surface area contributed by atoms with E-state index in [9.17, 15) is 8.42 Å².